The molecule has 2 aromatic heterocycles. The van der Waals surface area contributed by atoms with Crippen molar-refractivity contribution in [3.8, 4) is 23.0 Å². The molecule has 0 unspecified atom stereocenters. The van der Waals surface area contributed by atoms with E-state index in [4.69, 9.17) is 4.52 Å². The number of hydrogen-bond acceptors (Lipinski definition) is 6. The average Bonchev–Trinajstić information content (AvgIpc) is 2.90. The summed E-state index contributed by atoms with van der Waals surface area (Å²) in [6.07, 6.45) is 3.37. The van der Waals surface area contributed by atoms with E-state index in [0.29, 0.717) is 23.7 Å². The first-order chi connectivity index (χ1) is 9.70. The number of aromatic hydroxyl groups is 2. The van der Waals surface area contributed by atoms with Crippen LogP contribution in [0.4, 0.5) is 0 Å². The van der Waals surface area contributed by atoms with Crippen molar-refractivity contribution < 1.29 is 14.7 Å². The first kappa shape index (κ1) is 12.2. The maximum absolute atomic E-state index is 9.37. The average molecular weight is 269 g/mol. The van der Waals surface area contributed by atoms with Gasteiger partial charge in [0.25, 0.3) is 5.89 Å². The molecule has 20 heavy (non-hydrogen) atoms. The normalized spacial score (nSPS) is 10.6. The van der Waals surface area contributed by atoms with E-state index < -0.39 is 0 Å². The molecule has 100 valence electrons. The third kappa shape index (κ3) is 2.59. The van der Waals surface area contributed by atoms with Crippen molar-refractivity contribution in [1.29, 1.82) is 0 Å². The fourth-order valence-electron chi connectivity index (χ4n) is 1.78. The van der Waals surface area contributed by atoms with E-state index in [1.165, 1.54) is 18.5 Å². The first-order valence-corrected chi connectivity index (χ1v) is 5.95. The van der Waals surface area contributed by atoms with Crippen LogP contribution >= 0.6 is 0 Å². The summed E-state index contributed by atoms with van der Waals surface area (Å²) in [7, 11) is 0. The molecule has 6 heteroatoms. The number of phenols is 1. The van der Waals surface area contributed by atoms with Crippen LogP contribution in [0.25, 0.3) is 11.5 Å². The highest BCUT2D eigenvalue weighted by Gasteiger charge is 2.10. The van der Waals surface area contributed by atoms with Crippen LogP contribution in [0.3, 0.4) is 0 Å². The predicted octanol–water partition coefficient (Wildman–Crippen LogP) is 2.13. The summed E-state index contributed by atoms with van der Waals surface area (Å²) in [5.74, 6) is 1.09. The van der Waals surface area contributed by atoms with E-state index in [9.17, 15) is 10.2 Å². The third-order valence-electron chi connectivity index (χ3n) is 2.74. The molecule has 3 rings (SSSR count). The molecule has 0 spiro atoms. The maximum Gasteiger partial charge on any atom is 0.259 e. The third-order valence-corrected chi connectivity index (χ3v) is 2.74. The number of hydrogen-bond donors (Lipinski definition) is 2. The minimum atomic E-state index is 0.0424. The van der Waals surface area contributed by atoms with E-state index in [-0.39, 0.29) is 11.5 Å². The molecule has 0 amide bonds. The summed E-state index contributed by atoms with van der Waals surface area (Å²) >= 11 is 0. The molecule has 0 bridgehead atoms. The molecule has 2 N–H and O–H groups in total. The summed E-state index contributed by atoms with van der Waals surface area (Å²) in [4.78, 5) is 8.11. The van der Waals surface area contributed by atoms with Crippen LogP contribution in [-0.2, 0) is 6.42 Å². The van der Waals surface area contributed by atoms with Gasteiger partial charge in [0.15, 0.2) is 5.82 Å². The van der Waals surface area contributed by atoms with Gasteiger partial charge in [-0.3, -0.25) is 4.98 Å². The molecular formula is C14H11N3O3. The maximum atomic E-state index is 9.37. The SMILES string of the molecule is Oc1ccc(Cc2noc(-c3cncc(O)c3)n2)cc1. The zero-order chi connectivity index (χ0) is 13.9. The second-order valence-electron chi connectivity index (χ2n) is 4.29. The summed E-state index contributed by atoms with van der Waals surface area (Å²) < 4.78 is 5.14. The topological polar surface area (TPSA) is 92.3 Å². The van der Waals surface area contributed by atoms with Gasteiger partial charge in [0.05, 0.1) is 11.8 Å². The van der Waals surface area contributed by atoms with Crippen molar-refractivity contribution in [2.24, 2.45) is 0 Å². The second kappa shape index (κ2) is 5.00. The van der Waals surface area contributed by atoms with Crippen LogP contribution < -0.4 is 0 Å². The molecule has 0 atom stereocenters. The van der Waals surface area contributed by atoms with Crippen molar-refractivity contribution in [1.82, 2.24) is 15.1 Å². The van der Waals surface area contributed by atoms with Gasteiger partial charge in [-0.2, -0.15) is 4.98 Å². The molecule has 0 fully saturated rings. The van der Waals surface area contributed by atoms with Crippen molar-refractivity contribution in [3.05, 3.63) is 54.1 Å². The zero-order valence-electron chi connectivity index (χ0n) is 10.4. The Morgan fingerprint density at radius 1 is 1.00 bits per heavy atom. The van der Waals surface area contributed by atoms with Gasteiger partial charge in [-0.25, -0.2) is 0 Å². The minimum Gasteiger partial charge on any atom is -0.508 e. The van der Waals surface area contributed by atoms with Crippen molar-refractivity contribution in [2.45, 2.75) is 6.42 Å². The lowest BCUT2D eigenvalue weighted by Gasteiger charge is -1.96. The summed E-state index contributed by atoms with van der Waals surface area (Å²) in [5, 5.41) is 22.5. The Labute approximate surface area is 114 Å². The summed E-state index contributed by atoms with van der Waals surface area (Å²) in [5.41, 5.74) is 1.53. The van der Waals surface area contributed by atoms with E-state index >= 15 is 0 Å². The van der Waals surface area contributed by atoms with E-state index in [2.05, 4.69) is 15.1 Å². The minimum absolute atomic E-state index is 0.0424. The fourth-order valence-corrected chi connectivity index (χ4v) is 1.78. The van der Waals surface area contributed by atoms with Crippen LogP contribution in [0.5, 0.6) is 11.5 Å². The highest BCUT2D eigenvalue weighted by Crippen LogP contribution is 2.21. The molecule has 0 aliphatic carbocycles. The lowest BCUT2D eigenvalue weighted by Crippen LogP contribution is -1.90. The molecular weight excluding hydrogens is 258 g/mol. The molecule has 0 aliphatic heterocycles. The van der Waals surface area contributed by atoms with Crippen LogP contribution in [0, 0.1) is 0 Å². The van der Waals surface area contributed by atoms with Gasteiger partial charge < -0.3 is 14.7 Å². The van der Waals surface area contributed by atoms with Gasteiger partial charge in [-0.1, -0.05) is 17.3 Å². The Hall–Kier alpha value is -2.89. The van der Waals surface area contributed by atoms with Gasteiger partial charge >= 0.3 is 0 Å². The number of pyridine rings is 1. The summed E-state index contributed by atoms with van der Waals surface area (Å²) in [6.45, 7) is 0. The van der Waals surface area contributed by atoms with E-state index in [1.807, 2.05) is 0 Å². The smallest absolute Gasteiger partial charge is 0.259 e. The van der Waals surface area contributed by atoms with Crippen LogP contribution in [0.15, 0.2) is 47.2 Å². The predicted molar refractivity (Wildman–Crippen MR) is 70.1 cm³/mol. The molecule has 6 nitrogen and oxygen atoms in total. The number of rotatable bonds is 3. The largest absolute Gasteiger partial charge is 0.508 e. The molecule has 0 saturated carbocycles. The van der Waals surface area contributed by atoms with E-state index in [1.54, 1.807) is 24.3 Å². The van der Waals surface area contributed by atoms with Crippen LogP contribution in [0.1, 0.15) is 11.4 Å². The first-order valence-electron chi connectivity index (χ1n) is 5.95. The molecule has 0 radical (unpaired) electrons. The molecule has 3 aromatic rings. The van der Waals surface area contributed by atoms with Gasteiger partial charge in [-0.15, -0.1) is 0 Å². The van der Waals surface area contributed by atoms with Crippen LogP contribution in [0.2, 0.25) is 0 Å². The van der Waals surface area contributed by atoms with Gasteiger partial charge in [-0.05, 0) is 23.8 Å². The molecule has 0 saturated heterocycles. The highest BCUT2D eigenvalue weighted by atomic mass is 16.5. The number of aromatic nitrogens is 3. The number of nitrogens with zero attached hydrogens (tertiary/aromatic N) is 3. The van der Waals surface area contributed by atoms with Crippen molar-refractivity contribution in [3.63, 3.8) is 0 Å². The lowest BCUT2D eigenvalue weighted by atomic mass is 10.1. The second-order valence-corrected chi connectivity index (χ2v) is 4.29. The molecule has 0 aliphatic rings. The van der Waals surface area contributed by atoms with Crippen molar-refractivity contribution >= 4 is 0 Å². The standard InChI is InChI=1S/C14H11N3O3/c18-11-3-1-9(2-4-11)5-13-16-14(20-17-13)10-6-12(19)8-15-7-10/h1-4,6-8,18-19H,5H2. The Kier molecular flexibility index (Phi) is 3.04. The highest BCUT2D eigenvalue weighted by molar-refractivity contribution is 5.53. The Morgan fingerprint density at radius 3 is 2.55 bits per heavy atom. The molecule has 2 heterocycles. The Balaban J connectivity index is 1.82. The van der Waals surface area contributed by atoms with Crippen molar-refractivity contribution in [2.75, 3.05) is 0 Å². The zero-order valence-corrected chi connectivity index (χ0v) is 10.4. The Bertz CT molecular complexity index is 723. The quantitative estimate of drug-likeness (QED) is 0.756. The monoisotopic (exact) mass is 269 g/mol. The number of benzene rings is 1. The molecule has 1 aromatic carbocycles. The number of phenolic OH excluding ortho intramolecular Hbond substituents is 1. The summed E-state index contributed by atoms with van der Waals surface area (Å²) in [6, 6.07) is 8.30. The van der Waals surface area contributed by atoms with E-state index in [0.717, 1.165) is 5.56 Å². The van der Waals surface area contributed by atoms with Gasteiger partial charge in [0, 0.05) is 12.6 Å². The van der Waals surface area contributed by atoms with Gasteiger partial charge in [0.1, 0.15) is 11.5 Å². The Morgan fingerprint density at radius 2 is 1.80 bits per heavy atom. The fraction of sp³-hybridized carbons (Fsp3) is 0.0714. The van der Waals surface area contributed by atoms with Crippen LogP contribution in [-0.4, -0.2) is 25.3 Å². The lowest BCUT2D eigenvalue weighted by molar-refractivity contribution is 0.423. The van der Waals surface area contributed by atoms with Gasteiger partial charge in [0.2, 0.25) is 0 Å².